The second kappa shape index (κ2) is 9.84. The zero-order chi connectivity index (χ0) is 25.4. The number of benzene rings is 2. The van der Waals surface area contributed by atoms with E-state index in [2.05, 4.69) is 17.0 Å². The normalized spacial score (nSPS) is 21.6. The van der Waals surface area contributed by atoms with Crippen molar-refractivity contribution in [3.05, 3.63) is 65.7 Å². The number of para-hydroxylation sites is 1. The summed E-state index contributed by atoms with van der Waals surface area (Å²) in [6.45, 7) is -12.8. The van der Waals surface area contributed by atoms with Gasteiger partial charge in [-0.1, -0.05) is 56.2 Å². The molecule has 0 radical (unpaired) electrons. The van der Waals surface area contributed by atoms with Crippen molar-refractivity contribution < 1.29 is 13.7 Å². The minimum Gasteiger partial charge on any atom is -0.368 e. The van der Waals surface area contributed by atoms with Crippen LogP contribution in [0.3, 0.4) is 0 Å². The molecule has 3 rings (SSSR count). The number of fused-ring (bicyclic) bond motifs is 1. The van der Waals surface area contributed by atoms with E-state index in [0.29, 0.717) is 11.4 Å². The molecule has 2 nitrogen and oxygen atoms in total. The molecule has 0 unspecified atom stereocenters. The first kappa shape index (κ1) is 9.99. The number of hydrogen-bond acceptors (Lipinski definition) is 2. The Morgan fingerprint density at radius 2 is 1.52 bits per heavy atom. The molecule has 0 fully saturated rings. The number of anilines is 1. The van der Waals surface area contributed by atoms with E-state index in [1.165, 1.54) is 11.1 Å². The lowest BCUT2D eigenvalue weighted by atomic mass is 10.1. The summed E-state index contributed by atoms with van der Waals surface area (Å²) in [5.41, 5.74) is 3.46. The number of rotatable bonds is 8. The van der Waals surface area contributed by atoms with Gasteiger partial charge in [-0.15, -0.1) is 12.4 Å². The summed E-state index contributed by atoms with van der Waals surface area (Å²) in [4.78, 5) is 2.51. The van der Waals surface area contributed by atoms with Crippen molar-refractivity contribution in [1.29, 1.82) is 0 Å². The number of halogens is 1. The summed E-state index contributed by atoms with van der Waals surface area (Å²) in [6, 6.07) is 18.0. The molecule has 1 aliphatic rings. The number of nitrogens with zero attached hydrogens (tertiary/aromatic N) is 2. The quantitative estimate of drug-likeness (QED) is 0.659. The van der Waals surface area contributed by atoms with Crippen LogP contribution in [0.1, 0.15) is 45.0 Å². The van der Waals surface area contributed by atoms with Crippen molar-refractivity contribution in [2.75, 3.05) is 31.0 Å². The molecule has 0 aliphatic heterocycles. The fourth-order valence-corrected chi connectivity index (χ4v) is 3.44. The van der Waals surface area contributed by atoms with Gasteiger partial charge in [-0.2, -0.15) is 0 Å². The van der Waals surface area contributed by atoms with Gasteiger partial charge in [-0.05, 0) is 62.1 Å². The first-order valence-corrected chi connectivity index (χ1v) is 8.32. The highest BCUT2D eigenvalue weighted by molar-refractivity contribution is 5.85. The Kier molecular flexibility index (Phi) is 3.93. The van der Waals surface area contributed by atoms with E-state index in [9.17, 15) is 0 Å². The highest BCUT2D eigenvalue weighted by Crippen LogP contribution is 2.29. The van der Waals surface area contributed by atoms with Crippen LogP contribution < -0.4 is 4.90 Å². The Labute approximate surface area is 173 Å². The van der Waals surface area contributed by atoms with E-state index in [4.69, 9.17) is 13.7 Å². The van der Waals surface area contributed by atoms with Gasteiger partial charge in [0.1, 0.15) is 0 Å². The predicted octanol–water partition coefficient (Wildman–Crippen LogP) is 4.81. The smallest absolute Gasteiger partial charge is 0.0428 e. The summed E-state index contributed by atoms with van der Waals surface area (Å²) in [6.07, 6.45) is 1.81. The van der Waals surface area contributed by atoms with Gasteiger partial charge in [0.2, 0.25) is 0 Å². The minimum atomic E-state index is -3.22. The Balaban J connectivity index is 0.00000432. The van der Waals surface area contributed by atoms with Crippen LogP contribution in [0.5, 0.6) is 0 Å². The highest BCUT2D eigenvalue weighted by atomic mass is 35.5. The second-order valence-electron chi connectivity index (χ2n) is 6.09. The zero-order valence-electron chi connectivity index (χ0n) is 24.1. The SMILES string of the molecule is Cl.[2H]C([2H])([2H])C([2H])([2H])N(CCCN(c1ccccc1)C1Cc2ccccc2C1)C([2H])([2H])C([2H])([2H])[2H]. The van der Waals surface area contributed by atoms with Gasteiger partial charge >= 0.3 is 0 Å². The van der Waals surface area contributed by atoms with E-state index in [0.717, 1.165) is 18.5 Å². The summed E-state index contributed by atoms with van der Waals surface area (Å²) in [7, 11) is 0. The lowest BCUT2D eigenvalue weighted by Gasteiger charge is -2.32. The van der Waals surface area contributed by atoms with Gasteiger partial charge in [0.05, 0.1) is 0 Å². The van der Waals surface area contributed by atoms with Crippen LogP contribution in [0.4, 0.5) is 5.69 Å². The van der Waals surface area contributed by atoms with Crippen LogP contribution in [0.2, 0.25) is 0 Å². The molecule has 0 aromatic heterocycles. The first-order chi connectivity index (χ1) is 15.7. The highest BCUT2D eigenvalue weighted by Gasteiger charge is 2.26. The van der Waals surface area contributed by atoms with Crippen molar-refractivity contribution in [1.82, 2.24) is 4.90 Å². The molecule has 0 atom stereocenters. The molecule has 0 saturated carbocycles. The molecule has 2 aromatic rings. The van der Waals surface area contributed by atoms with Gasteiger partial charge in [0.25, 0.3) is 0 Å². The van der Waals surface area contributed by atoms with Gasteiger partial charge in [-0.3, -0.25) is 0 Å². The molecule has 1 aliphatic carbocycles. The molecule has 0 spiro atoms. The molecular formula is C22H31ClN2. The maximum absolute atomic E-state index is 8.10. The molecular weight excluding hydrogens is 328 g/mol. The third-order valence-electron chi connectivity index (χ3n) is 4.61. The van der Waals surface area contributed by atoms with Crippen LogP contribution in [0.15, 0.2) is 54.6 Å². The summed E-state index contributed by atoms with van der Waals surface area (Å²) in [5.74, 6) is 0. The average Bonchev–Trinajstić information content (AvgIpc) is 3.16. The lowest BCUT2D eigenvalue weighted by molar-refractivity contribution is 0.299. The molecule has 0 amide bonds. The standard InChI is InChI=1S/C22H30N2.ClH/c1-3-23(4-2)15-10-16-24(21-13-6-5-7-14-21)22-17-19-11-8-9-12-20(19)18-22;/h5-9,11-14,22H,3-4,10,15-18H2,1-2H3;1H/i1D3,2D3,3D2,4D2;. The summed E-state index contributed by atoms with van der Waals surface area (Å²) >= 11 is 0. The fraction of sp³-hybridized carbons (Fsp3) is 0.455. The van der Waals surface area contributed by atoms with Crippen molar-refractivity contribution in [3.8, 4) is 0 Å². The maximum Gasteiger partial charge on any atom is 0.0428 e. The minimum absolute atomic E-state index is 0. The molecule has 0 bridgehead atoms. The van der Waals surface area contributed by atoms with Gasteiger partial charge in [0.15, 0.2) is 0 Å². The van der Waals surface area contributed by atoms with Gasteiger partial charge in [0, 0.05) is 32.0 Å². The predicted molar refractivity (Wildman–Crippen MR) is 111 cm³/mol. The van der Waals surface area contributed by atoms with Crippen LogP contribution in [0.25, 0.3) is 0 Å². The fourth-order valence-electron chi connectivity index (χ4n) is 3.44. The van der Waals surface area contributed by atoms with Crippen molar-refractivity contribution in [3.63, 3.8) is 0 Å². The van der Waals surface area contributed by atoms with E-state index >= 15 is 0 Å². The Morgan fingerprint density at radius 1 is 0.920 bits per heavy atom. The summed E-state index contributed by atoms with van der Waals surface area (Å²) < 4.78 is 77.8. The maximum atomic E-state index is 8.10. The van der Waals surface area contributed by atoms with Crippen LogP contribution in [-0.4, -0.2) is 37.0 Å². The van der Waals surface area contributed by atoms with E-state index in [1.54, 1.807) is 0 Å². The molecule has 136 valence electrons. The van der Waals surface area contributed by atoms with Crippen LogP contribution >= 0.6 is 12.4 Å². The Hall–Kier alpha value is -1.51. The third-order valence-corrected chi connectivity index (χ3v) is 4.61. The van der Waals surface area contributed by atoms with Crippen LogP contribution in [-0.2, 0) is 12.8 Å². The van der Waals surface area contributed by atoms with E-state index in [-0.39, 0.29) is 31.4 Å². The zero-order valence-corrected chi connectivity index (χ0v) is 14.9. The van der Waals surface area contributed by atoms with Crippen molar-refractivity contribution in [2.24, 2.45) is 0 Å². The third kappa shape index (κ3) is 4.99. The van der Waals surface area contributed by atoms with Crippen molar-refractivity contribution in [2.45, 2.75) is 39.0 Å². The largest absolute Gasteiger partial charge is 0.368 e. The average molecular weight is 369 g/mol. The summed E-state index contributed by atoms with van der Waals surface area (Å²) in [5, 5.41) is 0. The Morgan fingerprint density at radius 3 is 2.12 bits per heavy atom. The molecule has 0 heterocycles. The molecule has 0 N–H and O–H groups in total. The molecule has 25 heavy (non-hydrogen) atoms. The molecule has 0 saturated heterocycles. The Bertz CT molecular complexity index is 912. The number of hydrogen-bond donors (Lipinski definition) is 0. The van der Waals surface area contributed by atoms with Crippen molar-refractivity contribution >= 4 is 18.1 Å². The molecule has 2 aromatic carbocycles. The molecule has 3 heteroatoms. The van der Waals surface area contributed by atoms with Gasteiger partial charge in [-0.25, -0.2) is 0 Å². The monoisotopic (exact) mass is 368 g/mol. The van der Waals surface area contributed by atoms with E-state index in [1.807, 2.05) is 42.5 Å². The topological polar surface area (TPSA) is 6.48 Å². The lowest BCUT2D eigenvalue weighted by Crippen LogP contribution is -2.38. The van der Waals surface area contributed by atoms with Crippen LogP contribution in [0, 0.1) is 0 Å². The first-order valence-electron chi connectivity index (χ1n) is 13.3. The second-order valence-corrected chi connectivity index (χ2v) is 6.09. The van der Waals surface area contributed by atoms with E-state index < -0.39 is 26.7 Å². The van der Waals surface area contributed by atoms with Gasteiger partial charge < -0.3 is 9.80 Å².